The van der Waals surface area contributed by atoms with Crippen molar-refractivity contribution >= 4 is 29.2 Å². The zero-order chi connectivity index (χ0) is 17.8. The van der Waals surface area contributed by atoms with Gasteiger partial charge in [-0.15, -0.1) is 0 Å². The topological polar surface area (TPSA) is 75.6 Å². The number of nitrogens with one attached hydrogen (secondary N) is 1. The Hall–Kier alpha value is -2.53. The van der Waals surface area contributed by atoms with E-state index in [1.807, 2.05) is 0 Å². The number of amides is 1. The van der Waals surface area contributed by atoms with Crippen LogP contribution in [0, 0.1) is 0 Å². The van der Waals surface area contributed by atoms with Crippen LogP contribution in [0.15, 0.2) is 42.5 Å². The maximum absolute atomic E-state index is 12.3. The van der Waals surface area contributed by atoms with Gasteiger partial charge in [0.15, 0.2) is 0 Å². The molecular formula is C19H18ClNO4. The Morgan fingerprint density at radius 3 is 2.28 bits per heavy atom. The van der Waals surface area contributed by atoms with Crippen LogP contribution in [0.3, 0.4) is 0 Å². The number of halogens is 1. The minimum Gasteiger partial charge on any atom is -0.489 e. The summed E-state index contributed by atoms with van der Waals surface area (Å²) in [5, 5.41) is 12.0. The molecule has 1 amide bonds. The van der Waals surface area contributed by atoms with Crippen molar-refractivity contribution in [2.75, 3.05) is 5.32 Å². The Balaban J connectivity index is 1.67. The van der Waals surface area contributed by atoms with E-state index >= 15 is 0 Å². The quantitative estimate of drug-likeness (QED) is 0.817. The Morgan fingerprint density at radius 1 is 1.04 bits per heavy atom. The van der Waals surface area contributed by atoms with Crippen molar-refractivity contribution in [2.45, 2.75) is 31.8 Å². The lowest BCUT2D eigenvalue weighted by molar-refractivity contribution is 0.0696. The highest BCUT2D eigenvalue weighted by Crippen LogP contribution is 2.30. The van der Waals surface area contributed by atoms with E-state index in [2.05, 4.69) is 5.32 Å². The molecule has 0 bridgehead atoms. The van der Waals surface area contributed by atoms with E-state index in [4.69, 9.17) is 21.4 Å². The van der Waals surface area contributed by atoms with Gasteiger partial charge in [-0.1, -0.05) is 11.6 Å². The lowest BCUT2D eigenvalue weighted by atomic mass is 10.1. The van der Waals surface area contributed by atoms with Gasteiger partial charge in [0.25, 0.3) is 5.91 Å². The molecule has 25 heavy (non-hydrogen) atoms. The maximum atomic E-state index is 12.3. The second kappa shape index (κ2) is 7.57. The Labute approximate surface area is 150 Å². The molecule has 0 atom stereocenters. The molecule has 2 N–H and O–H groups in total. The van der Waals surface area contributed by atoms with Gasteiger partial charge in [0.2, 0.25) is 0 Å². The summed E-state index contributed by atoms with van der Waals surface area (Å²) >= 11 is 6.24. The normalized spacial score (nSPS) is 14.3. The number of benzene rings is 2. The van der Waals surface area contributed by atoms with Crippen LogP contribution in [0.4, 0.5) is 5.69 Å². The minimum absolute atomic E-state index is 0.162. The number of carboxylic acids is 1. The minimum atomic E-state index is -1.01. The van der Waals surface area contributed by atoms with Gasteiger partial charge in [-0.05, 0) is 68.1 Å². The highest BCUT2D eigenvalue weighted by Gasteiger charge is 2.18. The second-order valence-corrected chi connectivity index (χ2v) is 6.41. The van der Waals surface area contributed by atoms with Crippen LogP contribution >= 0.6 is 11.6 Å². The van der Waals surface area contributed by atoms with Gasteiger partial charge in [0, 0.05) is 11.3 Å². The molecule has 1 fully saturated rings. The summed E-state index contributed by atoms with van der Waals surface area (Å²) in [5.74, 6) is -0.740. The first-order valence-electron chi connectivity index (χ1n) is 8.14. The van der Waals surface area contributed by atoms with E-state index in [1.54, 1.807) is 30.3 Å². The van der Waals surface area contributed by atoms with Crippen LogP contribution in [-0.4, -0.2) is 23.1 Å². The van der Waals surface area contributed by atoms with Gasteiger partial charge in [0.05, 0.1) is 16.7 Å². The Bertz CT molecular complexity index is 783. The molecular weight excluding hydrogens is 342 g/mol. The summed E-state index contributed by atoms with van der Waals surface area (Å²) < 4.78 is 5.88. The molecule has 6 heteroatoms. The van der Waals surface area contributed by atoms with Crippen LogP contribution in [0.1, 0.15) is 46.4 Å². The fourth-order valence-electron chi connectivity index (χ4n) is 2.82. The van der Waals surface area contributed by atoms with E-state index in [9.17, 15) is 9.59 Å². The highest BCUT2D eigenvalue weighted by atomic mass is 35.5. The van der Waals surface area contributed by atoms with Gasteiger partial charge < -0.3 is 15.2 Å². The van der Waals surface area contributed by atoms with Crippen molar-refractivity contribution in [3.05, 3.63) is 58.6 Å². The predicted octanol–water partition coefficient (Wildman–Crippen LogP) is 4.61. The highest BCUT2D eigenvalue weighted by molar-refractivity contribution is 6.32. The van der Waals surface area contributed by atoms with Crippen LogP contribution in [0.25, 0.3) is 0 Å². The van der Waals surface area contributed by atoms with Crippen molar-refractivity contribution < 1.29 is 19.4 Å². The summed E-state index contributed by atoms with van der Waals surface area (Å²) in [5.41, 5.74) is 1.08. The van der Waals surface area contributed by atoms with Gasteiger partial charge in [-0.25, -0.2) is 4.79 Å². The first kappa shape index (κ1) is 17.3. The fraction of sp³-hybridized carbons (Fsp3) is 0.263. The molecule has 0 radical (unpaired) electrons. The van der Waals surface area contributed by atoms with E-state index in [0.717, 1.165) is 12.8 Å². The Kier molecular flexibility index (Phi) is 5.24. The summed E-state index contributed by atoms with van der Waals surface area (Å²) in [4.78, 5) is 23.1. The largest absolute Gasteiger partial charge is 0.489 e. The molecule has 1 aliphatic carbocycles. The molecule has 1 aliphatic rings. The number of hydrogen-bond donors (Lipinski definition) is 2. The zero-order valence-electron chi connectivity index (χ0n) is 13.5. The van der Waals surface area contributed by atoms with Crippen molar-refractivity contribution in [1.29, 1.82) is 0 Å². The molecule has 0 aliphatic heterocycles. The molecule has 5 nitrogen and oxygen atoms in total. The van der Waals surface area contributed by atoms with Crippen molar-refractivity contribution in [3.63, 3.8) is 0 Å². The smallest absolute Gasteiger partial charge is 0.335 e. The average molecular weight is 360 g/mol. The first-order chi connectivity index (χ1) is 12.0. The van der Waals surface area contributed by atoms with E-state index in [-0.39, 0.29) is 17.6 Å². The SMILES string of the molecule is O=C(O)c1ccc(NC(=O)c2ccc(OC3CCCC3)c(Cl)c2)cc1. The third-order valence-corrected chi connectivity index (χ3v) is 4.47. The molecule has 130 valence electrons. The summed E-state index contributed by atoms with van der Waals surface area (Å²) in [6, 6.07) is 10.9. The number of aromatic carboxylic acids is 1. The van der Waals surface area contributed by atoms with Gasteiger partial charge in [0.1, 0.15) is 5.75 Å². The molecule has 0 aromatic heterocycles. The van der Waals surface area contributed by atoms with Gasteiger partial charge in [-0.3, -0.25) is 4.79 Å². The number of anilines is 1. The predicted molar refractivity (Wildman–Crippen MR) is 95.7 cm³/mol. The number of carbonyl (C=O) groups excluding carboxylic acids is 1. The van der Waals surface area contributed by atoms with E-state index < -0.39 is 5.97 Å². The second-order valence-electron chi connectivity index (χ2n) is 6.01. The molecule has 1 saturated carbocycles. The lowest BCUT2D eigenvalue weighted by Gasteiger charge is -2.15. The van der Waals surface area contributed by atoms with Crippen LogP contribution in [0.2, 0.25) is 5.02 Å². The van der Waals surface area contributed by atoms with E-state index in [1.165, 1.54) is 25.0 Å². The number of carboxylic acid groups (broad SMARTS) is 1. The summed E-state index contributed by atoms with van der Waals surface area (Å²) in [6.45, 7) is 0. The Morgan fingerprint density at radius 2 is 1.68 bits per heavy atom. The third kappa shape index (κ3) is 4.31. The number of carbonyl (C=O) groups is 2. The third-order valence-electron chi connectivity index (χ3n) is 4.18. The molecule has 2 aromatic carbocycles. The zero-order valence-corrected chi connectivity index (χ0v) is 14.3. The van der Waals surface area contributed by atoms with E-state index in [0.29, 0.717) is 22.0 Å². The maximum Gasteiger partial charge on any atom is 0.335 e. The molecule has 0 saturated heterocycles. The van der Waals surface area contributed by atoms with Crippen LogP contribution in [0.5, 0.6) is 5.75 Å². The average Bonchev–Trinajstić information content (AvgIpc) is 3.10. The first-order valence-corrected chi connectivity index (χ1v) is 8.51. The number of rotatable bonds is 5. The fourth-order valence-corrected chi connectivity index (χ4v) is 3.05. The summed E-state index contributed by atoms with van der Waals surface area (Å²) in [7, 11) is 0. The number of ether oxygens (including phenoxy) is 1. The molecule has 0 unspecified atom stereocenters. The molecule has 3 rings (SSSR count). The summed E-state index contributed by atoms with van der Waals surface area (Å²) in [6.07, 6.45) is 4.60. The van der Waals surface area contributed by atoms with Crippen molar-refractivity contribution in [2.24, 2.45) is 0 Å². The van der Waals surface area contributed by atoms with Crippen molar-refractivity contribution in [1.82, 2.24) is 0 Å². The van der Waals surface area contributed by atoms with Crippen LogP contribution in [-0.2, 0) is 0 Å². The van der Waals surface area contributed by atoms with Gasteiger partial charge in [-0.2, -0.15) is 0 Å². The molecule has 2 aromatic rings. The number of hydrogen-bond acceptors (Lipinski definition) is 3. The monoisotopic (exact) mass is 359 g/mol. The van der Waals surface area contributed by atoms with Gasteiger partial charge >= 0.3 is 5.97 Å². The standard InChI is InChI=1S/C19H18ClNO4/c20-16-11-13(7-10-17(16)25-15-3-1-2-4-15)18(22)21-14-8-5-12(6-9-14)19(23)24/h5-11,15H,1-4H2,(H,21,22)(H,23,24). The van der Waals surface area contributed by atoms with Crippen LogP contribution < -0.4 is 10.1 Å². The molecule has 0 spiro atoms. The van der Waals surface area contributed by atoms with Crippen molar-refractivity contribution in [3.8, 4) is 5.75 Å². The lowest BCUT2D eigenvalue weighted by Crippen LogP contribution is -2.13. The molecule has 0 heterocycles.